The number of carbonyl (C=O) groups excluding carboxylic acids is 1. The number of piperazine rings is 1. The zero-order valence-electron chi connectivity index (χ0n) is 19.0. The molecule has 1 saturated carbocycles. The molecule has 0 bridgehead atoms. The Kier molecular flexibility index (Phi) is 6.76. The summed E-state index contributed by atoms with van der Waals surface area (Å²) in [5.41, 5.74) is 2.97. The van der Waals surface area contributed by atoms with Gasteiger partial charge in [-0.25, -0.2) is 9.97 Å². The summed E-state index contributed by atoms with van der Waals surface area (Å²) in [7, 11) is 1.60. The van der Waals surface area contributed by atoms with Crippen molar-refractivity contribution < 1.29 is 9.53 Å². The molecule has 1 N–H and O–H groups in total. The van der Waals surface area contributed by atoms with Gasteiger partial charge in [-0.2, -0.15) is 5.26 Å². The Hall–Kier alpha value is -3.62. The molecule has 1 saturated heterocycles. The summed E-state index contributed by atoms with van der Waals surface area (Å²) >= 11 is 0. The molecule has 1 unspecified atom stereocenters. The number of aromatic nitrogens is 2. The molecule has 0 radical (unpaired) electrons. The number of pyridine rings is 2. The van der Waals surface area contributed by atoms with Crippen LogP contribution in [0.3, 0.4) is 0 Å². The molecular weight excluding hydrogens is 416 g/mol. The van der Waals surface area contributed by atoms with Gasteiger partial charge in [-0.05, 0) is 38.0 Å². The fourth-order valence-corrected chi connectivity index (χ4v) is 4.19. The van der Waals surface area contributed by atoms with Gasteiger partial charge in [0, 0.05) is 50.5 Å². The van der Waals surface area contributed by atoms with Gasteiger partial charge in [0.05, 0.1) is 30.0 Å². The predicted octanol–water partition coefficient (Wildman–Crippen LogP) is 3.02. The van der Waals surface area contributed by atoms with Gasteiger partial charge in [-0.1, -0.05) is 5.92 Å². The number of ether oxygens (including phenoxy) is 1. The zero-order chi connectivity index (χ0) is 23.4. The summed E-state index contributed by atoms with van der Waals surface area (Å²) < 4.78 is 5.04. The van der Waals surface area contributed by atoms with E-state index < -0.39 is 0 Å². The van der Waals surface area contributed by atoms with E-state index in [0.717, 1.165) is 29.8 Å². The zero-order valence-corrected chi connectivity index (χ0v) is 19.0. The Bertz CT molecular complexity index is 1110. The number of terminal acetylenes is 1. The third-order valence-corrected chi connectivity index (χ3v) is 6.07. The van der Waals surface area contributed by atoms with Crippen LogP contribution in [0.15, 0.2) is 24.4 Å². The summed E-state index contributed by atoms with van der Waals surface area (Å²) in [6.45, 7) is 4.31. The number of amides is 1. The van der Waals surface area contributed by atoms with Crippen LogP contribution in [0.25, 0.3) is 0 Å². The number of hydrogen-bond donors (Lipinski definition) is 1. The van der Waals surface area contributed by atoms with Gasteiger partial charge < -0.3 is 19.9 Å². The van der Waals surface area contributed by atoms with E-state index in [2.05, 4.69) is 27.2 Å². The molecule has 1 atom stereocenters. The summed E-state index contributed by atoms with van der Waals surface area (Å²) in [5.74, 6) is 4.39. The van der Waals surface area contributed by atoms with Crippen LogP contribution < -0.4 is 10.2 Å². The lowest BCUT2D eigenvalue weighted by Crippen LogP contribution is -2.54. The second kappa shape index (κ2) is 9.89. The van der Waals surface area contributed by atoms with Crippen LogP contribution in [-0.2, 0) is 9.53 Å². The first kappa shape index (κ1) is 22.6. The van der Waals surface area contributed by atoms with Crippen LogP contribution in [0.2, 0.25) is 0 Å². The highest BCUT2D eigenvalue weighted by Crippen LogP contribution is 2.44. The van der Waals surface area contributed by atoms with Crippen LogP contribution in [0.5, 0.6) is 0 Å². The van der Waals surface area contributed by atoms with Crippen LogP contribution in [0.4, 0.5) is 17.3 Å². The first-order valence-corrected chi connectivity index (χ1v) is 11.2. The summed E-state index contributed by atoms with van der Waals surface area (Å²) in [4.78, 5) is 25.8. The van der Waals surface area contributed by atoms with Crippen molar-refractivity contribution in [1.82, 2.24) is 14.9 Å². The summed E-state index contributed by atoms with van der Waals surface area (Å²) in [5, 5.41) is 13.2. The number of methoxy groups -OCH3 is 1. The standard InChI is InChI=1S/C25H28N6O2/c1-4-18-7-9-27-22(13-18)28-21-14-20(15-26)25(29-24(21)19-5-6-19)30-10-11-31(17(2)16-30)23(32)8-12-33-3/h1,7,9,13-14,17,19H,5-6,8,10-12,16H2,2-3H3,(H,27,28). The van der Waals surface area contributed by atoms with E-state index in [1.54, 1.807) is 25.4 Å². The molecule has 8 nitrogen and oxygen atoms in total. The Morgan fingerprint density at radius 2 is 2.18 bits per heavy atom. The quantitative estimate of drug-likeness (QED) is 0.656. The van der Waals surface area contributed by atoms with Crippen LogP contribution >= 0.6 is 0 Å². The van der Waals surface area contributed by atoms with E-state index in [9.17, 15) is 10.1 Å². The van der Waals surface area contributed by atoms with Gasteiger partial charge in [-0.3, -0.25) is 4.79 Å². The minimum Gasteiger partial charge on any atom is -0.384 e. The number of hydrogen-bond acceptors (Lipinski definition) is 7. The molecule has 1 amide bonds. The number of anilines is 3. The van der Waals surface area contributed by atoms with E-state index in [-0.39, 0.29) is 11.9 Å². The maximum atomic E-state index is 12.5. The number of carbonyl (C=O) groups is 1. The molecule has 33 heavy (non-hydrogen) atoms. The minimum atomic E-state index is 0.0225. The monoisotopic (exact) mass is 444 g/mol. The highest BCUT2D eigenvalue weighted by Gasteiger charge is 2.33. The van der Waals surface area contributed by atoms with Gasteiger partial charge >= 0.3 is 0 Å². The lowest BCUT2D eigenvalue weighted by molar-refractivity contribution is -0.134. The van der Waals surface area contributed by atoms with Crippen molar-refractivity contribution in [2.75, 3.05) is 43.6 Å². The number of nitrogens with one attached hydrogen (secondary N) is 1. The molecule has 0 spiro atoms. The maximum Gasteiger partial charge on any atom is 0.225 e. The van der Waals surface area contributed by atoms with Crippen molar-refractivity contribution >= 4 is 23.2 Å². The molecule has 0 aromatic carbocycles. The average molecular weight is 445 g/mol. The maximum absolute atomic E-state index is 12.5. The number of nitrogens with zero attached hydrogens (tertiary/aromatic N) is 5. The fraction of sp³-hybridized carbons (Fsp3) is 0.440. The lowest BCUT2D eigenvalue weighted by atomic mass is 10.1. The lowest BCUT2D eigenvalue weighted by Gasteiger charge is -2.41. The second-order valence-corrected chi connectivity index (χ2v) is 8.50. The molecule has 170 valence electrons. The normalized spacial score (nSPS) is 17.9. The van der Waals surface area contributed by atoms with E-state index in [0.29, 0.717) is 55.8 Å². The largest absolute Gasteiger partial charge is 0.384 e. The SMILES string of the molecule is C#Cc1ccnc(Nc2cc(C#N)c(N3CCN(C(=O)CCOC)C(C)C3)nc2C2CC2)c1. The Morgan fingerprint density at radius 3 is 2.85 bits per heavy atom. The smallest absolute Gasteiger partial charge is 0.225 e. The van der Waals surface area contributed by atoms with Crippen molar-refractivity contribution in [1.29, 1.82) is 5.26 Å². The molecule has 4 rings (SSSR count). The first-order chi connectivity index (χ1) is 16.0. The van der Waals surface area contributed by atoms with Gasteiger partial charge in [0.2, 0.25) is 5.91 Å². The first-order valence-electron chi connectivity index (χ1n) is 11.2. The molecule has 2 aliphatic rings. The van der Waals surface area contributed by atoms with Crippen molar-refractivity contribution in [3.05, 3.63) is 41.2 Å². The molecule has 8 heteroatoms. The van der Waals surface area contributed by atoms with Crippen molar-refractivity contribution in [3.63, 3.8) is 0 Å². The van der Waals surface area contributed by atoms with Crippen LogP contribution in [-0.4, -0.2) is 60.2 Å². The predicted molar refractivity (Wildman–Crippen MR) is 126 cm³/mol. The highest BCUT2D eigenvalue weighted by molar-refractivity contribution is 5.77. The topological polar surface area (TPSA) is 94.4 Å². The Labute approximate surface area is 194 Å². The molecule has 3 heterocycles. The fourth-order valence-electron chi connectivity index (χ4n) is 4.19. The third-order valence-electron chi connectivity index (χ3n) is 6.07. The van der Waals surface area contributed by atoms with Crippen molar-refractivity contribution in [2.24, 2.45) is 0 Å². The van der Waals surface area contributed by atoms with Crippen LogP contribution in [0.1, 0.15) is 48.9 Å². The van der Waals surface area contributed by atoms with E-state index in [1.807, 2.05) is 17.9 Å². The molecule has 1 aliphatic heterocycles. The number of nitriles is 1. The summed E-state index contributed by atoms with van der Waals surface area (Å²) in [6.07, 6.45) is 9.70. The average Bonchev–Trinajstić information content (AvgIpc) is 3.67. The third kappa shape index (κ3) is 5.08. The second-order valence-electron chi connectivity index (χ2n) is 8.50. The molecule has 2 fully saturated rings. The Morgan fingerprint density at radius 1 is 1.36 bits per heavy atom. The van der Waals surface area contributed by atoms with Crippen molar-refractivity contribution in [3.8, 4) is 18.4 Å². The van der Waals surface area contributed by atoms with E-state index in [1.165, 1.54) is 0 Å². The van der Waals surface area contributed by atoms with E-state index in [4.69, 9.17) is 16.1 Å². The molecule has 1 aliphatic carbocycles. The van der Waals surface area contributed by atoms with Gasteiger partial charge in [-0.15, -0.1) is 6.42 Å². The van der Waals surface area contributed by atoms with Gasteiger partial charge in [0.25, 0.3) is 0 Å². The van der Waals surface area contributed by atoms with Crippen molar-refractivity contribution in [2.45, 2.75) is 38.1 Å². The van der Waals surface area contributed by atoms with E-state index >= 15 is 0 Å². The molecule has 2 aromatic rings. The van der Waals surface area contributed by atoms with Gasteiger partial charge in [0.1, 0.15) is 17.7 Å². The minimum absolute atomic E-state index is 0.0225. The molecule has 2 aromatic heterocycles. The van der Waals surface area contributed by atoms with Gasteiger partial charge in [0.15, 0.2) is 0 Å². The van der Waals surface area contributed by atoms with Crippen LogP contribution in [0, 0.1) is 23.7 Å². The summed E-state index contributed by atoms with van der Waals surface area (Å²) in [6, 6.07) is 7.77. The molecular formula is C25H28N6O2. The Balaban J connectivity index is 1.58. The highest BCUT2D eigenvalue weighted by atomic mass is 16.5. The number of rotatable bonds is 7.